The molecule has 326 valence electrons. The van der Waals surface area contributed by atoms with E-state index in [1.54, 1.807) is 0 Å². The van der Waals surface area contributed by atoms with E-state index in [-0.39, 0.29) is 21.7 Å². The second-order valence-electron chi connectivity index (χ2n) is 22.5. The number of rotatable bonds is 6. The fourth-order valence-corrected chi connectivity index (χ4v) is 12.0. The number of aryl methyl sites for hydroxylation is 5. The predicted molar refractivity (Wildman–Crippen MR) is 268 cm³/mol. The van der Waals surface area contributed by atoms with Gasteiger partial charge in [-0.05, 0) is 216 Å². The first-order valence-corrected chi connectivity index (χ1v) is 24.8. The molecular formula is C59H73ClN2. The van der Waals surface area contributed by atoms with E-state index in [0.29, 0.717) is 0 Å². The highest BCUT2D eigenvalue weighted by Crippen LogP contribution is 2.53. The van der Waals surface area contributed by atoms with Gasteiger partial charge in [-0.2, -0.15) is 0 Å². The van der Waals surface area contributed by atoms with Gasteiger partial charge < -0.3 is 9.80 Å². The minimum Gasteiger partial charge on any atom is -0.309 e. The van der Waals surface area contributed by atoms with Gasteiger partial charge in [-0.3, -0.25) is 0 Å². The van der Waals surface area contributed by atoms with Crippen LogP contribution in [-0.4, -0.2) is 0 Å². The second kappa shape index (κ2) is 16.5. The Hall–Kier alpha value is -4.01. The number of nitrogens with zero attached hydrogens (tertiary/aromatic N) is 2. The van der Waals surface area contributed by atoms with E-state index < -0.39 is 0 Å². The number of benzene rings is 5. The smallest absolute Gasteiger partial charge is 0.0887 e. The van der Waals surface area contributed by atoms with Crippen LogP contribution in [0, 0.1) is 6.92 Å². The SMILES string of the molecule is Cc1cc(N(c2ccc3c(c2)CCCCCC3)c2ccc3c(c2)CCCCCC3)c(Cl)c(N(c2ccc3c(c2)C(C)(C)CCC3(C)C)c2ccc3c(c2)C(C)(C)CCC3(C)C)c1. The summed E-state index contributed by atoms with van der Waals surface area (Å²) in [5, 5.41) is 0.781. The molecule has 0 unspecified atom stereocenters. The standard InChI is InChI=1S/C59H73ClN2/c1-40-34-53(61(45-24-22-41-18-14-10-12-16-20-43(41)36-45)46-25-23-42-19-15-11-13-17-21-44(42)37-46)55(60)54(35-40)62(47-26-28-49-51(38-47)58(6,7)32-30-56(49,2)3)48-27-29-50-52(39-48)59(8,9)33-31-57(50,4)5/h22-29,34-39H,10-21,30-33H2,1-9H3. The van der Waals surface area contributed by atoms with Crippen LogP contribution in [0.4, 0.5) is 34.1 Å². The van der Waals surface area contributed by atoms with Crippen molar-refractivity contribution >= 4 is 45.7 Å². The van der Waals surface area contributed by atoms with Crippen molar-refractivity contribution in [3.8, 4) is 0 Å². The van der Waals surface area contributed by atoms with E-state index in [1.165, 1.54) is 163 Å². The molecule has 0 amide bonds. The van der Waals surface area contributed by atoms with Gasteiger partial charge in [0.05, 0.1) is 16.4 Å². The van der Waals surface area contributed by atoms with Crippen LogP contribution in [0.1, 0.15) is 183 Å². The molecule has 0 atom stereocenters. The zero-order valence-corrected chi connectivity index (χ0v) is 40.4. The Bertz CT molecular complexity index is 2340. The lowest BCUT2D eigenvalue weighted by molar-refractivity contribution is 0.332. The quantitative estimate of drug-likeness (QED) is 0.168. The van der Waals surface area contributed by atoms with Gasteiger partial charge in [0.25, 0.3) is 0 Å². The van der Waals surface area contributed by atoms with Crippen molar-refractivity contribution in [1.82, 2.24) is 0 Å². The predicted octanol–water partition coefficient (Wildman–Crippen LogP) is 17.6. The van der Waals surface area contributed by atoms with Crippen LogP contribution in [0.15, 0.2) is 84.9 Å². The van der Waals surface area contributed by atoms with E-state index in [2.05, 4.69) is 157 Å². The summed E-state index contributed by atoms with van der Waals surface area (Å²) in [7, 11) is 0. The van der Waals surface area contributed by atoms with Crippen LogP contribution in [0.5, 0.6) is 0 Å². The fraction of sp³-hybridized carbons (Fsp3) is 0.492. The highest BCUT2D eigenvalue weighted by molar-refractivity contribution is 6.36. The second-order valence-corrected chi connectivity index (χ2v) is 22.9. The number of anilines is 6. The molecule has 0 radical (unpaired) electrons. The Morgan fingerprint density at radius 1 is 0.371 bits per heavy atom. The largest absolute Gasteiger partial charge is 0.309 e. The van der Waals surface area contributed by atoms with Crippen molar-refractivity contribution in [3.05, 3.63) is 140 Å². The number of halogens is 1. The Labute approximate surface area is 380 Å². The maximum Gasteiger partial charge on any atom is 0.0887 e. The van der Waals surface area contributed by atoms with Gasteiger partial charge in [-0.25, -0.2) is 0 Å². The average molecular weight is 846 g/mol. The molecule has 4 aliphatic carbocycles. The first-order chi connectivity index (χ1) is 29.5. The lowest BCUT2D eigenvalue weighted by Gasteiger charge is -2.43. The Morgan fingerprint density at radius 2 is 0.694 bits per heavy atom. The Morgan fingerprint density at radius 3 is 1.08 bits per heavy atom. The average Bonchev–Trinajstić information content (AvgIpc) is 3.21. The molecular weight excluding hydrogens is 772 g/mol. The third kappa shape index (κ3) is 8.17. The first kappa shape index (κ1) is 43.3. The van der Waals surface area contributed by atoms with Gasteiger partial charge in [-0.1, -0.05) is 117 Å². The molecule has 0 heterocycles. The van der Waals surface area contributed by atoms with Crippen molar-refractivity contribution in [2.24, 2.45) is 0 Å². The molecule has 0 aromatic heterocycles. The first-order valence-electron chi connectivity index (χ1n) is 24.5. The summed E-state index contributed by atoms with van der Waals surface area (Å²) < 4.78 is 0. The highest BCUT2D eigenvalue weighted by Gasteiger charge is 2.40. The molecule has 0 saturated carbocycles. The monoisotopic (exact) mass is 845 g/mol. The maximum absolute atomic E-state index is 8.16. The lowest BCUT2D eigenvalue weighted by atomic mass is 9.63. The maximum atomic E-state index is 8.16. The zero-order chi connectivity index (χ0) is 43.6. The lowest BCUT2D eigenvalue weighted by Crippen LogP contribution is -2.34. The molecule has 4 aliphatic rings. The summed E-state index contributed by atoms with van der Waals surface area (Å²) in [6.45, 7) is 21.7. The molecule has 2 nitrogen and oxygen atoms in total. The minimum atomic E-state index is 0.0709. The van der Waals surface area contributed by atoms with E-state index >= 15 is 0 Å². The molecule has 0 aliphatic heterocycles. The molecule has 5 aromatic carbocycles. The van der Waals surface area contributed by atoms with Crippen LogP contribution in [0.2, 0.25) is 5.02 Å². The van der Waals surface area contributed by atoms with Crippen LogP contribution >= 0.6 is 11.6 Å². The summed E-state index contributed by atoms with van der Waals surface area (Å²) in [4.78, 5) is 5.01. The highest BCUT2D eigenvalue weighted by atomic mass is 35.5. The van der Waals surface area contributed by atoms with Crippen LogP contribution in [0.3, 0.4) is 0 Å². The van der Waals surface area contributed by atoms with Crippen molar-refractivity contribution in [1.29, 1.82) is 0 Å². The summed E-state index contributed by atoms with van der Waals surface area (Å²) in [5.74, 6) is 0. The van der Waals surface area contributed by atoms with Crippen molar-refractivity contribution in [3.63, 3.8) is 0 Å². The minimum absolute atomic E-state index is 0.0709. The molecule has 0 bridgehead atoms. The number of hydrogen-bond donors (Lipinski definition) is 0. The molecule has 0 saturated heterocycles. The number of hydrogen-bond acceptors (Lipinski definition) is 2. The molecule has 5 aromatic rings. The van der Waals surface area contributed by atoms with E-state index in [4.69, 9.17) is 11.6 Å². The van der Waals surface area contributed by atoms with Crippen molar-refractivity contribution < 1.29 is 0 Å². The summed E-state index contributed by atoms with van der Waals surface area (Å²) in [6, 6.07) is 34.0. The van der Waals surface area contributed by atoms with Crippen molar-refractivity contribution in [2.75, 3.05) is 9.80 Å². The van der Waals surface area contributed by atoms with Crippen LogP contribution < -0.4 is 9.80 Å². The van der Waals surface area contributed by atoms with E-state index in [1.807, 2.05) is 0 Å². The van der Waals surface area contributed by atoms with E-state index in [9.17, 15) is 0 Å². The van der Waals surface area contributed by atoms with Gasteiger partial charge >= 0.3 is 0 Å². The Balaban J connectivity index is 1.28. The molecule has 0 N–H and O–H groups in total. The number of fused-ring (bicyclic) bond motifs is 4. The zero-order valence-electron chi connectivity index (χ0n) is 39.7. The van der Waals surface area contributed by atoms with E-state index in [0.717, 1.165) is 29.2 Å². The van der Waals surface area contributed by atoms with Crippen LogP contribution in [-0.2, 0) is 47.3 Å². The topological polar surface area (TPSA) is 6.48 Å². The van der Waals surface area contributed by atoms with Gasteiger partial charge in [0.2, 0.25) is 0 Å². The molecule has 0 spiro atoms. The third-order valence-corrected chi connectivity index (χ3v) is 16.4. The van der Waals surface area contributed by atoms with Crippen molar-refractivity contribution in [2.45, 2.75) is 187 Å². The Kier molecular flexibility index (Phi) is 11.5. The van der Waals surface area contributed by atoms with Gasteiger partial charge in [-0.15, -0.1) is 0 Å². The summed E-state index contributed by atoms with van der Waals surface area (Å²) >= 11 is 8.16. The normalized spacial score (nSPS) is 19.9. The molecule has 62 heavy (non-hydrogen) atoms. The van der Waals surface area contributed by atoms with Gasteiger partial charge in [0, 0.05) is 22.7 Å². The molecule has 3 heteroatoms. The third-order valence-electron chi connectivity index (χ3n) is 16.0. The fourth-order valence-electron chi connectivity index (χ4n) is 11.8. The summed E-state index contributed by atoms with van der Waals surface area (Å²) in [5.41, 5.74) is 20.4. The van der Waals surface area contributed by atoms with Gasteiger partial charge in [0.15, 0.2) is 0 Å². The van der Waals surface area contributed by atoms with Gasteiger partial charge in [0.1, 0.15) is 0 Å². The summed E-state index contributed by atoms with van der Waals surface area (Å²) in [6.07, 6.45) is 19.7. The van der Waals surface area contributed by atoms with Crippen LogP contribution in [0.25, 0.3) is 0 Å². The molecule has 0 fully saturated rings. The molecule has 9 rings (SSSR count).